The third-order valence-electron chi connectivity index (χ3n) is 3.55. The molecule has 0 saturated carbocycles. The Morgan fingerprint density at radius 2 is 1.92 bits per heavy atom. The molecule has 4 nitrogen and oxygen atoms in total. The second kappa shape index (κ2) is 8.54. The van der Waals surface area contributed by atoms with E-state index in [9.17, 15) is 4.79 Å². The molecule has 0 aliphatic heterocycles. The molecule has 26 heavy (non-hydrogen) atoms. The van der Waals surface area contributed by atoms with E-state index in [1.807, 2.05) is 36.6 Å². The Bertz CT molecular complexity index is 907. The maximum Gasteiger partial charge on any atom is 0.231 e. The van der Waals surface area contributed by atoms with Crippen LogP contribution in [0.3, 0.4) is 0 Å². The fraction of sp³-hybridized carbons (Fsp3) is 0.158. The number of aromatic nitrogens is 1. The minimum Gasteiger partial charge on any atom is -0.487 e. The van der Waals surface area contributed by atoms with Gasteiger partial charge in [-0.25, -0.2) is 4.98 Å². The minimum absolute atomic E-state index is 0.0947. The number of ether oxygens (including phenoxy) is 1. The van der Waals surface area contributed by atoms with E-state index in [1.54, 1.807) is 18.2 Å². The van der Waals surface area contributed by atoms with Gasteiger partial charge < -0.3 is 10.1 Å². The number of nitrogens with zero attached hydrogens (tertiary/aromatic N) is 1. The van der Waals surface area contributed by atoms with Crippen molar-refractivity contribution in [1.82, 2.24) is 4.98 Å². The summed E-state index contributed by atoms with van der Waals surface area (Å²) in [6.07, 6.45) is 0.224. The predicted molar refractivity (Wildman–Crippen MR) is 106 cm³/mol. The molecule has 0 atom stereocenters. The average Bonchev–Trinajstić information content (AvgIpc) is 3.01. The number of hydrogen-bond donors (Lipinski definition) is 1. The van der Waals surface area contributed by atoms with Crippen LogP contribution in [0.2, 0.25) is 10.0 Å². The Balaban J connectivity index is 1.56. The molecular weight excluding hydrogens is 391 g/mol. The summed E-state index contributed by atoms with van der Waals surface area (Å²) in [7, 11) is 0. The van der Waals surface area contributed by atoms with E-state index in [1.165, 1.54) is 11.3 Å². The van der Waals surface area contributed by atoms with Crippen molar-refractivity contribution in [2.24, 2.45) is 0 Å². The lowest BCUT2D eigenvalue weighted by atomic mass is 10.2. The molecular formula is C19H16Cl2N2O2S. The van der Waals surface area contributed by atoms with Crippen molar-refractivity contribution >= 4 is 46.1 Å². The Morgan fingerprint density at radius 3 is 2.65 bits per heavy atom. The number of amides is 1. The second-order valence-electron chi connectivity index (χ2n) is 5.67. The van der Waals surface area contributed by atoms with Gasteiger partial charge in [0.25, 0.3) is 0 Å². The fourth-order valence-electron chi connectivity index (χ4n) is 2.31. The maximum atomic E-state index is 12.2. The zero-order chi connectivity index (χ0) is 18.5. The van der Waals surface area contributed by atoms with E-state index in [4.69, 9.17) is 27.9 Å². The number of aryl methyl sites for hydroxylation is 1. The van der Waals surface area contributed by atoms with Gasteiger partial charge >= 0.3 is 0 Å². The standard InChI is InChI=1S/C19H16Cl2N2O2S/c1-12-4-2-3-5-17(12)23-18(24)9-19-22-15(11-26-19)10-25-16-7-13(20)6-14(21)8-16/h2-8,11H,9-10H2,1H3,(H,23,24). The van der Waals surface area contributed by atoms with Crippen LogP contribution in [-0.2, 0) is 17.8 Å². The number of thiazole rings is 1. The molecule has 0 saturated heterocycles. The van der Waals surface area contributed by atoms with E-state index in [-0.39, 0.29) is 18.9 Å². The van der Waals surface area contributed by atoms with Crippen LogP contribution < -0.4 is 10.1 Å². The quantitative estimate of drug-likeness (QED) is 0.586. The van der Waals surface area contributed by atoms with Crippen LogP contribution in [0.1, 0.15) is 16.3 Å². The van der Waals surface area contributed by atoms with Crippen molar-refractivity contribution in [2.45, 2.75) is 20.0 Å². The number of nitrogens with one attached hydrogen (secondary N) is 1. The van der Waals surface area contributed by atoms with Gasteiger partial charge in [0.05, 0.1) is 12.1 Å². The molecule has 7 heteroatoms. The second-order valence-corrected chi connectivity index (χ2v) is 7.48. The van der Waals surface area contributed by atoms with Crippen molar-refractivity contribution in [3.05, 3.63) is 74.2 Å². The van der Waals surface area contributed by atoms with Crippen molar-refractivity contribution in [1.29, 1.82) is 0 Å². The molecule has 1 N–H and O–H groups in total. The van der Waals surface area contributed by atoms with Crippen LogP contribution >= 0.6 is 34.5 Å². The molecule has 1 heterocycles. The molecule has 0 bridgehead atoms. The lowest BCUT2D eigenvalue weighted by Crippen LogP contribution is -2.15. The molecule has 0 aliphatic rings. The van der Waals surface area contributed by atoms with E-state index >= 15 is 0 Å². The SMILES string of the molecule is Cc1ccccc1NC(=O)Cc1nc(COc2cc(Cl)cc(Cl)c2)cs1. The molecule has 134 valence electrons. The molecule has 0 aliphatic carbocycles. The monoisotopic (exact) mass is 406 g/mol. The van der Waals surface area contributed by atoms with Gasteiger partial charge in [0.15, 0.2) is 0 Å². The van der Waals surface area contributed by atoms with Gasteiger partial charge in [-0.3, -0.25) is 4.79 Å². The summed E-state index contributed by atoms with van der Waals surface area (Å²) in [4.78, 5) is 16.6. The smallest absolute Gasteiger partial charge is 0.231 e. The number of anilines is 1. The number of carbonyl (C=O) groups excluding carboxylic acids is 1. The van der Waals surface area contributed by atoms with E-state index < -0.39 is 0 Å². The summed E-state index contributed by atoms with van der Waals surface area (Å²) in [6, 6.07) is 12.7. The summed E-state index contributed by atoms with van der Waals surface area (Å²) in [5, 5.41) is 6.54. The van der Waals surface area contributed by atoms with Crippen molar-refractivity contribution < 1.29 is 9.53 Å². The lowest BCUT2D eigenvalue weighted by Gasteiger charge is -2.07. The zero-order valence-corrected chi connectivity index (χ0v) is 16.3. The number of hydrogen-bond acceptors (Lipinski definition) is 4. The highest BCUT2D eigenvalue weighted by Gasteiger charge is 2.10. The Kier molecular flexibility index (Phi) is 6.14. The zero-order valence-electron chi connectivity index (χ0n) is 14.0. The Morgan fingerprint density at radius 1 is 1.19 bits per heavy atom. The number of rotatable bonds is 6. The van der Waals surface area contributed by atoms with Crippen LogP contribution in [-0.4, -0.2) is 10.9 Å². The Hall–Kier alpha value is -2.08. The summed E-state index contributed by atoms with van der Waals surface area (Å²) >= 11 is 13.3. The summed E-state index contributed by atoms with van der Waals surface area (Å²) in [6.45, 7) is 2.24. The van der Waals surface area contributed by atoms with Gasteiger partial charge in [0.1, 0.15) is 17.4 Å². The molecule has 3 rings (SSSR count). The van der Waals surface area contributed by atoms with Crippen molar-refractivity contribution in [2.75, 3.05) is 5.32 Å². The first-order valence-electron chi connectivity index (χ1n) is 7.87. The average molecular weight is 407 g/mol. The topological polar surface area (TPSA) is 51.2 Å². The number of halogens is 2. The van der Waals surface area contributed by atoms with Gasteiger partial charge in [-0.2, -0.15) is 0 Å². The van der Waals surface area contributed by atoms with Crippen molar-refractivity contribution in [3.8, 4) is 5.75 Å². The Labute approximate surface area is 165 Å². The lowest BCUT2D eigenvalue weighted by molar-refractivity contribution is -0.115. The van der Waals surface area contributed by atoms with Crippen LogP contribution in [0.15, 0.2) is 47.8 Å². The first-order valence-corrected chi connectivity index (χ1v) is 9.51. The van der Waals surface area contributed by atoms with E-state index in [0.29, 0.717) is 15.8 Å². The molecule has 3 aromatic rings. The molecule has 0 unspecified atom stereocenters. The van der Waals surface area contributed by atoms with Crippen LogP contribution in [0, 0.1) is 6.92 Å². The highest BCUT2D eigenvalue weighted by Crippen LogP contribution is 2.25. The number of benzene rings is 2. The first-order chi connectivity index (χ1) is 12.5. The van der Waals surface area contributed by atoms with Gasteiger partial charge in [-0.15, -0.1) is 11.3 Å². The molecule has 0 spiro atoms. The highest BCUT2D eigenvalue weighted by atomic mass is 35.5. The number of para-hydroxylation sites is 1. The molecule has 1 amide bonds. The van der Waals surface area contributed by atoms with E-state index in [2.05, 4.69) is 10.3 Å². The van der Waals surface area contributed by atoms with Crippen LogP contribution in [0.4, 0.5) is 5.69 Å². The maximum absolute atomic E-state index is 12.2. The summed E-state index contributed by atoms with van der Waals surface area (Å²) in [5.74, 6) is 0.483. The van der Waals surface area contributed by atoms with Crippen LogP contribution in [0.25, 0.3) is 0 Å². The van der Waals surface area contributed by atoms with Crippen molar-refractivity contribution in [3.63, 3.8) is 0 Å². The molecule has 0 radical (unpaired) electrons. The van der Waals surface area contributed by atoms with Gasteiger partial charge in [0.2, 0.25) is 5.91 Å². The predicted octanol–water partition coefficient (Wildman–Crippen LogP) is 5.52. The van der Waals surface area contributed by atoms with Gasteiger partial charge in [-0.1, -0.05) is 41.4 Å². The number of carbonyl (C=O) groups is 1. The minimum atomic E-state index is -0.0947. The summed E-state index contributed by atoms with van der Waals surface area (Å²) < 4.78 is 5.66. The normalized spacial score (nSPS) is 10.6. The van der Waals surface area contributed by atoms with Gasteiger partial charge in [-0.05, 0) is 36.8 Å². The molecule has 0 fully saturated rings. The third kappa shape index (κ3) is 5.21. The van der Waals surface area contributed by atoms with E-state index in [0.717, 1.165) is 22.0 Å². The fourth-order valence-corrected chi connectivity index (χ4v) is 3.59. The summed E-state index contributed by atoms with van der Waals surface area (Å²) in [5.41, 5.74) is 2.59. The first kappa shape index (κ1) is 18.7. The third-order valence-corrected chi connectivity index (χ3v) is 4.89. The largest absolute Gasteiger partial charge is 0.487 e. The van der Waals surface area contributed by atoms with Crippen LogP contribution in [0.5, 0.6) is 5.75 Å². The molecule has 2 aromatic carbocycles. The molecule has 1 aromatic heterocycles. The highest BCUT2D eigenvalue weighted by molar-refractivity contribution is 7.09. The van der Waals surface area contributed by atoms with Gasteiger partial charge in [0, 0.05) is 21.1 Å².